The number of piperidine rings is 1. The van der Waals surface area contributed by atoms with Crippen LogP contribution in [0.4, 0.5) is 0 Å². The maximum Gasteiger partial charge on any atom is 0.271 e. The third kappa shape index (κ3) is 4.74. The van der Waals surface area contributed by atoms with Crippen molar-refractivity contribution in [2.75, 3.05) is 19.6 Å². The van der Waals surface area contributed by atoms with Gasteiger partial charge in [-0.05, 0) is 43.0 Å². The Kier molecular flexibility index (Phi) is 6.17. The molecular weight excluding hydrogens is 378 g/mol. The lowest BCUT2D eigenvalue weighted by molar-refractivity contribution is -0.126. The van der Waals surface area contributed by atoms with Crippen molar-refractivity contribution in [3.8, 4) is 11.4 Å². The van der Waals surface area contributed by atoms with Crippen molar-refractivity contribution in [1.82, 2.24) is 25.4 Å². The van der Waals surface area contributed by atoms with Crippen LogP contribution in [0, 0.1) is 5.92 Å². The maximum absolute atomic E-state index is 12.9. The molecule has 2 N–H and O–H groups in total. The molecule has 1 aromatic carbocycles. The standard InChI is InChI=1S/C23H25N5O2/c29-22(25-13-11-17-7-2-1-3-8-17)18-9-6-14-28(16-18)23(30)21-15-20(26-27-21)19-10-4-5-12-24-19/h1-5,7-8,10,12,15,18H,6,9,11,13-14,16H2,(H,25,29)(H,26,27)/t18-/m1/s1. The molecule has 0 saturated carbocycles. The van der Waals surface area contributed by atoms with Crippen LogP contribution in [0.3, 0.4) is 0 Å². The van der Waals surface area contributed by atoms with Gasteiger partial charge >= 0.3 is 0 Å². The number of nitrogens with zero attached hydrogens (tertiary/aromatic N) is 3. The van der Waals surface area contributed by atoms with Crippen molar-refractivity contribution in [3.63, 3.8) is 0 Å². The Morgan fingerprint density at radius 1 is 1.10 bits per heavy atom. The molecule has 0 bridgehead atoms. The van der Waals surface area contributed by atoms with Crippen molar-refractivity contribution >= 4 is 11.8 Å². The molecular formula is C23H25N5O2. The molecule has 0 spiro atoms. The average Bonchev–Trinajstić information content (AvgIpc) is 3.30. The molecule has 0 aliphatic carbocycles. The predicted octanol–water partition coefficient (Wildman–Crippen LogP) is 2.68. The number of amides is 2. The van der Waals surface area contributed by atoms with Gasteiger partial charge in [0.25, 0.3) is 5.91 Å². The normalized spacial score (nSPS) is 16.3. The van der Waals surface area contributed by atoms with Crippen molar-refractivity contribution in [1.29, 1.82) is 0 Å². The first-order chi connectivity index (χ1) is 14.7. The van der Waals surface area contributed by atoms with E-state index in [4.69, 9.17) is 0 Å². The highest BCUT2D eigenvalue weighted by atomic mass is 16.2. The Labute approximate surface area is 175 Å². The van der Waals surface area contributed by atoms with E-state index in [1.807, 2.05) is 36.4 Å². The predicted molar refractivity (Wildman–Crippen MR) is 114 cm³/mol. The van der Waals surface area contributed by atoms with Crippen LogP contribution >= 0.6 is 0 Å². The smallest absolute Gasteiger partial charge is 0.271 e. The molecule has 1 atom stereocenters. The molecule has 1 fully saturated rings. The molecule has 3 heterocycles. The SMILES string of the molecule is O=C(NCCc1ccccc1)[C@@H]1CCCN(C(=O)c2cc(-c3ccccn3)n[nH]2)C1. The zero-order chi connectivity index (χ0) is 20.8. The summed E-state index contributed by atoms with van der Waals surface area (Å²) in [5, 5.41) is 10.0. The van der Waals surface area contributed by atoms with E-state index >= 15 is 0 Å². The van der Waals surface area contributed by atoms with E-state index in [0.29, 0.717) is 36.7 Å². The van der Waals surface area contributed by atoms with Crippen LogP contribution in [-0.4, -0.2) is 51.5 Å². The second-order valence-electron chi connectivity index (χ2n) is 7.50. The number of likely N-dealkylation sites (tertiary alicyclic amines) is 1. The quantitative estimate of drug-likeness (QED) is 0.662. The average molecular weight is 403 g/mol. The van der Waals surface area contributed by atoms with E-state index in [9.17, 15) is 9.59 Å². The number of nitrogens with one attached hydrogen (secondary N) is 2. The minimum Gasteiger partial charge on any atom is -0.355 e. The molecule has 0 radical (unpaired) electrons. The number of H-pyrrole nitrogens is 1. The Balaban J connectivity index is 1.32. The van der Waals surface area contributed by atoms with Crippen LogP contribution in [0.25, 0.3) is 11.4 Å². The number of hydrogen-bond acceptors (Lipinski definition) is 4. The highest BCUT2D eigenvalue weighted by molar-refractivity contribution is 5.93. The van der Waals surface area contributed by atoms with Gasteiger partial charge in [0.1, 0.15) is 11.4 Å². The van der Waals surface area contributed by atoms with Gasteiger partial charge in [0, 0.05) is 25.8 Å². The summed E-state index contributed by atoms with van der Waals surface area (Å²) in [7, 11) is 0. The van der Waals surface area contributed by atoms with Crippen LogP contribution in [-0.2, 0) is 11.2 Å². The first-order valence-electron chi connectivity index (χ1n) is 10.3. The zero-order valence-corrected chi connectivity index (χ0v) is 16.8. The van der Waals surface area contributed by atoms with Crippen molar-refractivity contribution < 1.29 is 9.59 Å². The van der Waals surface area contributed by atoms with E-state index < -0.39 is 0 Å². The first kappa shape index (κ1) is 19.8. The van der Waals surface area contributed by atoms with Crippen LogP contribution in [0.2, 0.25) is 0 Å². The third-order valence-electron chi connectivity index (χ3n) is 5.37. The lowest BCUT2D eigenvalue weighted by Gasteiger charge is -2.31. The van der Waals surface area contributed by atoms with Crippen molar-refractivity contribution in [2.24, 2.45) is 5.92 Å². The summed E-state index contributed by atoms with van der Waals surface area (Å²) in [5.41, 5.74) is 2.95. The summed E-state index contributed by atoms with van der Waals surface area (Å²) >= 11 is 0. The minimum atomic E-state index is -0.184. The minimum absolute atomic E-state index is 0.0159. The molecule has 7 heteroatoms. The summed E-state index contributed by atoms with van der Waals surface area (Å²) in [6.45, 7) is 1.67. The molecule has 2 aromatic heterocycles. The topological polar surface area (TPSA) is 91.0 Å². The van der Waals surface area contributed by atoms with Gasteiger partial charge in [-0.2, -0.15) is 5.10 Å². The Hall–Kier alpha value is -3.48. The van der Waals surface area contributed by atoms with E-state index in [1.54, 1.807) is 17.2 Å². The van der Waals surface area contributed by atoms with Gasteiger partial charge in [0.2, 0.25) is 5.91 Å². The fourth-order valence-corrected chi connectivity index (χ4v) is 3.74. The van der Waals surface area contributed by atoms with E-state index in [1.165, 1.54) is 5.56 Å². The van der Waals surface area contributed by atoms with Crippen molar-refractivity contribution in [2.45, 2.75) is 19.3 Å². The van der Waals surface area contributed by atoms with Crippen LogP contribution in [0.1, 0.15) is 28.9 Å². The Morgan fingerprint density at radius 3 is 2.73 bits per heavy atom. The molecule has 7 nitrogen and oxygen atoms in total. The number of carbonyl (C=O) groups excluding carboxylic acids is 2. The number of hydrogen-bond donors (Lipinski definition) is 2. The molecule has 1 aliphatic heterocycles. The number of rotatable bonds is 6. The summed E-state index contributed by atoms with van der Waals surface area (Å²) < 4.78 is 0. The molecule has 0 unspecified atom stereocenters. The highest BCUT2D eigenvalue weighted by Gasteiger charge is 2.29. The zero-order valence-electron chi connectivity index (χ0n) is 16.8. The second kappa shape index (κ2) is 9.35. The van der Waals surface area contributed by atoms with Gasteiger partial charge in [-0.25, -0.2) is 0 Å². The van der Waals surface area contributed by atoms with Gasteiger partial charge in [0.05, 0.1) is 11.6 Å². The molecule has 3 aromatic rings. The van der Waals surface area contributed by atoms with Crippen LogP contribution in [0.5, 0.6) is 0 Å². The van der Waals surface area contributed by atoms with E-state index in [0.717, 1.165) is 19.3 Å². The highest BCUT2D eigenvalue weighted by Crippen LogP contribution is 2.20. The monoisotopic (exact) mass is 403 g/mol. The van der Waals surface area contributed by atoms with Crippen LogP contribution < -0.4 is 5.32 Å². The summed E-state index contributed by atoms with van der Waals surface area (Å²) in [6.07, 6.45) is 4.09. The lowest BCUT2D eigenvalue weighted by Crippen LogP contribution is -2.45. The van der Waals surface area contributed by atoms with Gasteiger partial charge in [-0.3, -0.25) is 19.7 Å². The first-order valence-corrected chi connectivity index (χ1v) is 10.3. The molecule has 1 saturated heterocycles. The summed E-state index contributed by atoms with van der Waals surface area (Å²) in [4.78, 5) is 31.5. The number of carbonyl (C=O) groups is 2. The Bertz CT molecular complexity index is 987. The second-order valence-corrected chi connectivity index (χ2v) is 7.50. The van der Waals surface area contributed by atoms with Crippen LogP contribution in [0.15, 0.2) is 60.8 Å². The maximum atomic E-state index is 12.9. The van der Waals surface area contributed by atoms with Gasteiger partial charge in [-0.15, -0.1) is 0 Å². The summed E-state index contributed by atoms with van der Waals surface area (Å²) in [5.74, 6) is -0.301. The fourth-order valence-electron chi connectivity index (χ4n) is 3.74. The fraction of sp³-hybridized carbons (Fsp3) is 0.304. The van der Waals surface area contributed by atoms with Crippen molar-refractivity contribution in [3.05, 3.63) is 72.1 Å². The number of aromatic amines is 1. The van der Waals surface area contributed by atoms with E-state index in [-0.39, 0.29) is 17.7 Å². The molecule has 1 aliphatic rings. The van der Waals surface area contributed by atoms with Gasteiger partial charge in [-0.1, -0.05) is 36.4 Å². The van der Waals surface area contributed by atoms with Gasteiger partial charge in [0.15, 0.2) is 0 Å². The lowest BCUT2D eigenvalue weighted by atomic mass is 9.96. The molecule has 30 heavy (non-hydrogen) atoms. The Morgan fingerprint density at radius 2 is 1.93 bits per heavy atom. The molecule has 4 rings (SSSR count). The van der Waals surface area contributed by atoms with E-state index in [2.05, 4.69) is 32.6 Å². The largest absolute Gasteiger partial charge is 0.355 e. The number of benzene rings is 1. The number of pyridine rings is 1. The van der Waals surface area contributed by atoms with Gasteiger partial charge < -0.3 is 10.2 Å². The molecule has 154 valence electrons. The molecule has 2 amide bonds. The number of aromatic nitrogens is 3. The third-order valence-corrected chi connectivity index (χ3v) is 5.37. The summed E-state index contributed by atoms with van der Waals surface area (Å²) in [6, 6.07) is 17.4.